The maximum Gasteiger partial charge on any atom is 0.180 e. The molecule has 1 atom stereocenters. The van der Waals surface area contributed by atoms with Crippen molar-refractivity contribution in [3.8, 4) is 5.69 Å². The Morgan fingerprint density at radius 1 is 1.23 bits per heavy atom. The molecule has 3 nitrogen and oxygen atoms in total. The number of hydrogen-bond acceptors (Lipinski definition) is 2. The van der Waals surface area contributed by atoms with Crippen molar-refractivity contribution in [2.45, 2.75) is 81.1 Å². The molecule has 0 fully saturated rings. The molecule has 2 aromatic rings. The first kappa shape index (κ1) is 31.4. The van der Waals surface area contributed by atoms with Crippen molar-refractivity contribution in [3.05, 3.63) is 73.5 Å². The van der Waals surface area contributed by atoms with Crippen molar-refractivity contribution < 1.29 is 4.79 Å². The molecule has 0 amide bonds. The number of carbonyl (C=O) groups excluding carboxylic acids is 1. The second kappa shape index (κ2) is 15.5. The molecule has 6 heteroatoms. The van der Waals surface area contributed by atoms with Crippen LogP contribution in [0.5, 0.6) is 0 Å². The number of unbranched alkanes of at least 4 members (excludes halogenated alkanes) is 1. The van der Waals surface area contributed by atoms with Crippen molar-refractivity contribution in [2.75, 3.05) is 0 Å². The highest BCUT2D eigenvalue weighted by molar-refractivity contribution is 9.11. The minimum atomic E-state index is -0.0692. The van der Waals surface area contributed by atoms with Crippen LogP contribution < -0.4 is 0 Å². The number of halogens is 3. The van der Waals surface area contributed by atoms with Crippen molar-refractivity contribution in [1.82, 2.24) is 9.78 Å². The number of ketones is 1. The highest BCUT2D eigenvalue weighted by atomic mass is 79.9. The molecule has 1 aromatic carbocycles. The van der Waals surface area contributed by atoms with Gasteiger partial charge >= 0.3 is 0 Å². The normalized spacial score (nSPS) is 13.4. The van der Waals surface area contributed by atoms with E-state index in [0.717, 1.165) is 47.0 Å². The Hall–Kier alpha value is -1.62. The summed E-state index contributed by atoms with van der Waals surface area (Å²) in [7, 11) is 0. The van der Waals surface area contributed by atoms with Gasteiger partial charge in [-0.05, 0) is 68.4 Å². The summed E-state index contributed by atoms with van der Waals surface area (Å²) in [4.78, 5) is 12.4. The van der Waals surface area contributed by atoms with Crippen LogP contribution in [0.4, 0.5) is 0 Å². The molecule has 1 aromatic heterocycles. The molecule has 1 unspecified atom stereocenters. The zero-order valence-corrected chi connectivity index (χ0v) is 25.4. The number of allylic oxidation sites excluding steroid dienone is 6. The van der Waals surface area contributed by atoms with Crippen molar-refractivity contribution in [3.63, 3.8) is 0 Å². The van der Waals surface area contributed by atoms with Crippen LogP contribution in [0, 0.1) is 12.8 Å². The molecule has 0 N–H and O–H groups in total. The smallest absolute Gasteiger partial charge is 0.180 e. The maximum absolute atomic E-state index is 12.4. The van der Waals surface area contributed by atoms with Crippen LogP contribution in [0.25, 0.3) is 11.3 Å². The third kappa shape index (κ3) is 8.20. The number of aromatic nitrogens is 2. The number of hydrogen-bond donors (Lipinski definition) is 0. The predicted molar refractivity (Wildman–Crippen MR) is 157 cm³/mol. The molecule has 0 spiro atoms. The van der Waals surface area contributed by atoms with Crippen molar-refractivity contribution in [2.24, 2.45) is 5.92 Å². The van der Waals surface area contributed by atoms with E-state index in [2.05, 4.69) is 48.9 Å². The monoisotopic (exact) mass is 580 g/mol. The van der Waals surface area contributed by atoms with E-state index < -0.39 is 0 Å². The lowest BCUT2D eigenvalue weighted by molar-refractivity contribution is 0.101. The molecule has 192 valence electrons. The zero-order valence-electron chi connectivity index (χ0n) is 22.3. The highest BCUT2D eigenvalue weighted by Gasteiger charge is 2.23. The van der Waals surface area contributed by atoms with Crippen LogP contribution in [0.2, 0.25) is 10.0 Å². The molecular formula is C29H39BrCl2N2O. The van der Waals surface area contributed by atoms with E-state index in [1.54, 1.807) is 19.1 Å². The van der Waals surface area contributed by atoms with Gasteiger partial charge < -0.3 is 0 Å². The molecule has 35 heavy (non-hydrogen) atoms. The van der Waals surface area contributed by atoms with E-state index in [0.29, 0.717) is 27.3 Å². The minimum absolute atomic E-state index is 0.0692. The lowest BCUT2D eigenvalue weighted by atomic mass is 9.92. The fourth-order valence-corrected chi connectivity index (χ4v) is 5.02. The summed E-state index contributed by atoms with van der Waals surface area (Å²) in [6, 6.07) is 5.35. The van der Waals surface area contributed by atoms with Crippen LogP contribution in [0.15, 0.2) is 46.5 Å². The number of benzene rings is 1. The number of Topliss-reactive ketones (excluding diaryl/α,β-unsaturated/α-hetero) is 1. The Morgan fingerprint density at radius 3 is 2.40 bits per heavy atom. The van der Waals surface area contributed by atoms with Gasteiger partial charge in [0.2, 0.25) is 0 Å². The van der Waals surface area contributed by atoms with E-state index in [-0.39, 0.29) is 5.78 Å². The van der Waals surface area contributed by atoms with Gasteiger partial charge in [0.25, 0.3) is 0 Å². The van der Waals surface area contributed by atoms with E-state index >= 15 is 0 Å². The number of rotatable bonds is 10. The van der Waals surface area contributed by atoms with Gasteiger partial charge in [0.05, 0.1) is 16.4 Å². The van der Waals surface area contributed by atoms with Gasteiger partial charge in [-0.25, -0.2) is 4.68 Å². The van der Waals surface area contributed by atoms with Crippen molar-refractivity contribution >= 4 is 50.5 Å². The van der Waals surface area contributed by atoms with Gasteiger partial charge in [-0.3, -0.25) is 4.79 Å². The molecule has 1 heterocycles. The average molecular weight is 582 g/mol. The standard InChI is InChI=1S/C27H33BrCl2N2O.C2H6/c1-7-10-12-20(15-22(17(4)9-3)23(28)11-8-2)27-18(5)26(19(6)33)31-32(27)25-14-13-21(29)16-24(25)30;1-2/h8,11,13-17H,7,9-10,12H2,1-6H3;1-2H3/b11-8-,20-15+,23-22+;. The van der Waals surface area contributed by atoms with Crippen molar-refractivity contribution in [1.29, 1.82) is 0 Å². The molecular weight excluding hydrogens is 543 g/mol. The topological polar surface area (TPSA) is 34.9 Å². The first-order valence-electron chi connectivity index (χ1n) is 12.4. The molecule has 0 saturated carbocycles. The summed E-state index contributed by atoms with van der Waals surface area (Å²) >= 11 is 16.5. The third-order valence-electron chi connectivity index (χ3n) is 5.76. The van der Waals surface area contributed by atoms with Gasteiger partial charge in [0.1, 0.15) is 5.69 Å². The third-order valence-corrected chi connectivity index (χ3v) is 7.02. The van der Waals surface area contributed by atoms with Crippen LogP contribution in [-0.2, 0) is 0 Å². The van der Waals surface area contributed by atoms with Gasteiger partial charge in [-0.1, -0.05) is 98.4 Å². The lowest BCUT2D eigenvalue weighted by Gasteiger charge is -2.18. The minimum Gasteiger partial charge on any atom is -0.293 e. The number of carbonyl (C=O) groups is 1. The summed E-state index contributed by atoms with van der Waals surface area (Å²) < 4.78 is 2.87. The Labute approximate surface area is 230 Å². The Balaban J connectivity index is 0.00000298. The molecule has 0 saturated heterocycles. The fraction of sp³-hybridized carbons (Fsp3) is 0.448. The SMILES string of the molecule is CC.C\C=C/C(Br)=C(/C=C(\CCCC)c1c(C)c(C(C)=O)nn1-c1ccc(Cl)cc1Cl)C(C)CC. The summed E-state index contributed by atoms with van der Waals surface area (Å²) in [6.45, 7) is 16.1. The first-order valence-corrected chi connectivity index (χ1v) is 14.0. The zero-order chi connectivity index (χ0) is 26.7. The molecule has 2 rings (SSSR count). The van der Waals surface area contributed by atoms with Gasteiger partial charge in [0, 0.05) is 22.0 Å². The quantitative estimate of drug-likeness (QED) is 0.206. The highest BCUT2D eigenvalue weighted by Crippen LogP contribution is 2.35. The van der Waals surface area contributed by atoms with Gasteiger partial charge in [-0.2, -0.15) is 5.10 Å². The molecule has 0 aliphatic carbocycles. The Bertz CT molecular complexity index is 1100. The van der Waals surface area contributed by atoms with Gasteiger partial charge in [-0.15, -0.1) is 0 Å². The van der Waals surface area contributed by atoms with E-state index in [4.69, 9.17) is 28.3 Å². The van der Waals surface area contributed by atoms with Crippen LogP contribution in [-0.4, -0.2) is 15.6 Å². The predicted octanol–water partition coefficient (Wildman–Crippen LogP) is 10.6. The summed E-state index contributed by atoms with van der Waals surface area (Å²) in [5.41, 5.74) is 5.30. The summed E-state index contributed by atoms with van der Waals surface area (Å²) in [5, 5.41) is 5.75. The van der Waals surface area contributed by atoms with Crippen LogP contribution in [0.3, 0.4) is 0 Å². The van der Waals surface area contributed by atoms with E-state index in [9.17, 15) is 4.79 Å². The van der Waals surface area contributed by atoms with Crippen LogP contribution in [0.1, 0.15) is 95.9 Å². The second-order valence-corrected chi connectivity index (χ2v) is 9.97. The second-order valence-electron chi connectivity index (χ2n) is 8.27. The first-order chi connectivity index (χ1) is 16.7. The average Bonchev–Trinajstić information content (AvgIpc) is 3.17. The lowest BCUT2D eigenvalue weighted by Crippen LogP contribution is -2.06. The molecule has 0 aliphatic rings. The van der Waals surface area contributed by atoms with E-state index in [1.807, 2.05) is 44.5 Å². The largest absolute Gasteiger partial charge is 0.293 e. The Kier molecular flexibility index (Phi) is 13.9. The van der Waals surface area contributed by atoms with Gasteiger partial charge in [0.15, 0.2) is 5.78 Å². The Morgan fingerprint density at radius 2 is 1.89 bits per heavy atom. The summed E-state index contributed by atoms with van der Waals surface area (Å²) in [6.07, 6.45) is 10.3. The number of nitrogens with zero attached hydrogens (tertiary/aromatic N) is 2. The molecule has 0 aliphatic heterocycles. The molecule has 0 radical (unpaired) electrons. The molecule has 0 bridgehead atoms. The maximum atomic E-state index is 12.4. The van der Waals surface area contributed by atoms with Crippen LogP contribution >= 0.6 is 39.1 Å². The fourth-order valence-electron chi connectivity index (χ4n) is 3.76. The van der Waals surface area contributed by atoms with E-state index in [1.165, 1.54) is 5.57 Å². The summed E-state index contributed by atoms with van der Waals surface area (Å²) in [5.74, 6) is 0.287.